The third-order valence-electron chi connectivity index (χ3n) is 4.55. The Hall–Kier alpha value is -1.21. The van der Waals surface area contributed by atoms with Gasteiger partial charge in [-0.3, -0.25) is 0 Å². The number of aliphatic hydroxyl groups is 1. The van der Waals surface area contributed by atoms with Crippen LogP contribution in [0.4, 0.5) is 0 Å². The van der Waals surface area contributed by atoms with Crippen molar-refractivity contribution in [2.75, 3.05) is 33.2 Å². The van der Waals surface area contributed by atoms with Crippen LogP contribution in [0.1, 0.15) is 25.5 Å². The predicted octanol–water partition coefficient (Wildman–Crippen LogP) is 2.93. The lowest BCUT2D eigenvalue weighted by Crippen LogP contribution is -2.40. The van der Waals surface area contributed by atoms with Crippen LogP contribution in [0.2, 0.25) is 0 Å². The molecule has 2 aromatic heterocycles. The summed E-state index contributed by atoms with van der Waals surface area (Å²) in [5, 5.41) is 15.7. The molecule has 5 nitrogen and oxygen atoms in total. The van der Waals surface area contributed by atoms with Gasteiger partial charge in [-0.1, -0.05) is 11.2 Å². The molecule has 0 bridgehead atoms. The smallest absolute Gasteiger partial charge is 0.177 e. The standard InChI is InChI=1S/C18H27N3O2S/c1-14(22)11-21-7-5-15(6-8-21)12-20(2)13-16-10-17(23-19-16)18-4-3-9-24-18/h3-4,9-10,14-15,22H,5-8,11-13H2,1-2H3. The lowest BCUT2D eigenvalue weighted by molar-refractivity contribution is 0.0917. The van der Waals surface area contributed by atoms with Crippen molar-refractivity contribution in [3.63, 3.8) is 0 Å². The third-order valence-corrected chi connectivity index (χ3v) is 5.44. The molecule has 0 aliphatic carbocycles. The first-order chi connectivity index (χ1) is 11.6. The normalized spacial score (nSPS) is 18.3. The molecule has 3 heterocycles. The van der Waals surface area contributed by atoms with E-state index in [1.165, 1.54) is 12.8 Å². The number of aliphatic hydroxyl groups excluding tert-OH is 1. The third kappa shape index (κ3) is 4.89. The number of rotatable bonds is 7. The van der Waals surface area contributed by atoms with Crippen LogP contribution < -0.4 is 0 Å². The molecule has 1 aliphatic heterocycles. The Morgan fingerprint density at radius 1 is 1.46 bits per heavy atom. The van der Waals surface area contributed by atoms with Gasteiger partial charge in [-0.2, -0.15) is 0 Å². The first kappa shape index (κ1) is 17.6. The van der Waals surface area contributed by atoms with Crippen molar-refractivity contribution in [1.29, 1.82) is 0 Å². The molecule has 0 radical (unpaired) electrons. The summed E-state index contributed by atoms with van der Waals surface area (Å²) >= 11 is 1.67. The highest BCUT2D eigenvalue weighted by Gasteiger charge is 2.21. The predicted molar refractivity (Wildman–Crippen MR) is 97.0 cm³/mol. The van der Waals surface area contributed by atoms with Gasteiger partial charge in [0.2, 0.25) is 0 Å². The van der Waals surface area contributed by atoms with Gasteiger partial charge in [0.05, 0.1) is 16.7 Å². The summed E-state index contributed by atoms with van der Waals surface area (Å²) in [5.41, 5.74) is 0.993. The van der Waals surface area contributed by atoms with Gasteiger partial charge < -0.3 is 19.4 Å². The maximum Gasteiger partial charge on any atom is 0.177 e. The van der Waals surface area contributed by atoms with Crippen LogP contribution in [0.5, 0.6) is 0 Å². The second-order valence-electron chi connectivity index (χ2n) is 6.95. The van der Waals surface area contributed by atoms with Gasteiger partial charge in [0.25, 0.3) is 0 Å². The van der Waals surface area contributed by atoms with E-state index in [1.807, 2.05) is 24.4 Å². The van der Waals surface area contributed by atoms with Crippen LogP contribution in [0.3, 0.4) is 0 Å². The topological polar surface area (TPSA) is 52.7 Å². The molecular weight excluding hydrogens is 322 g/mol. The average Bonchev–Trinajstić information content (AvgIpc) is 3.19. The fourth-order valence-corrected chi connectivity index (χ4v) is 4.10. The van der Waals surface area contributed by atoms with Gasteiger partial charge >= 0.3 is 0 Å². The van der Waals surface area contributed by atoms with Crippen molar-refractivity contribution >= 4 is 11.3 Å². The SMILES string of the molecule is CC(O)CN1CCC(CN(C)Cc2cc(-c3cccs3)on2)CC1. The largest absolute Gasteiger partial charge is 0.392 e. The lowest BCUT2D eigenvalue weighted by atomic mass is 9.96. The first-order valence-electron chi connectivity index (χ1n) is 8.68. The number of aromatic nitrogens is 1. The molecule has 1 saturated heterocycles. The zero-order valence-corrected chi connectivity index (χ0v) is 15.3. The van der Waals surface area contributed by atoms with Crippen molar-refractivity contribution in [2.24, 2.45) is 5.92 Å². The molecule has 24 heavy (non-hydrogen) atoms. The highest BCUT2D eigenvalue weighted by molar-refractivity contribution is 7.13. The quantitative estimate of drug-likeness (QED) is 0.833. The Bertz CT molecular complexity index is 604. The van der Waals surface area contributed by atoms with Gasteiger partial charge in [0, 0.05) is 25.7 Å². The number of hydrogen-bond acceptors (Lipinski definition) is 6. The van der Waals surface area contributed by atoms with Gasteiger partial charge in [-0.25, -0.2) is 0 Å². The van der Waals surface area contributed by atoms with Crippen LogP contribution in [0.15, 0.2) is 28.1 Å². The second-order valence-corrected chi connectivity index (χ2v) is 7.90. The summed E-state index contributed by atoms with van der Waals surface area (Å²) in [4.78, 5) is 5.83. The summed E-state index contributed by atoms with van der Waals surface area (Å²) in [7, 11) is 2.15. The average molecular weight is 350 g/mol. The van der Waals surface area contributed by atoms with Crippen molar-refractivity contribution in [1.82, 2.24) is 15.0 Å². The van der Waals surface area contributed by atoms with Crippen LogP contribution in [0, 0.1) is 5.92 Å². The molecule has 2 aromatic rings. The minimum Gasteiger partial charge on any atom is -0.392 e. The summed E-state index contributed by atoms with van der Waals surface area (Å²) in [6.45, 7) is 6.76. The lowest BCUT2D eigenvalue weighted by Gasteiger charge is -2.34. The molecule has 0 spiro atoms. The highest BCUT2D eigenvalue weighted by Crippen LogP contribution is 2.25. The number of piperidine rings is 1. The Labute approximate surface area is 147 Å². The van der Waals surface area contributed by atoms with Crippen molar-refractivity contribution in [3.05, 3.63) is 29.3 Å². The van der Waals surface area contributed by atoms with Crippen molar-refractivity contribution in [3.8, 4) is 10.6 Å². The van der Waals surface area contributed by atoms with E-state index in [0.717, 1.165) is 55.0 Å². The van der Waals surface area contributed by atoms with E-state index < -0.39 is 0 Å². The molecule has 0 aromatic carbocycles. The zero-order chi connectivity index (χ0) is 16.9. The number of nitrogens with zero attached hydrogens (tertiary/aromatic N) is 3. The first-order valence-corrected chi connectivity index (χ1v) is 9.56. The van der Waals surface area contributed by atoms with Crippen molar-refractivity contribution in [2.45, 2.75) is 32.4 Å². The van der Waals surface area contributed by atoms with E-state index in [4.69, 9.17) is 4.52 Å². The van der Waals surface area contributed by atoms with E-state index in [2.05, 4.69) is 28.1 Å². The molecule has 1 atom stereocenters. The van der Waals surface area contributed by atoms with Crippen molar-refractivity contribution < 1.29 is 9.63 Å². The molecule has 6 heteroatoms. The van der Waals surface area contributed by atoms with Crippen LogP contribution in [-0.4, -0.2) is 59.4 Å². The summed E-state index contributed by atoms with van der Waals surface area (Å²) in [6, 6.07) is 6.13. The Morgan fingerprint density at radius 3 is 2.92 bits per heavy atom. The number of β-amino-alcohol motifs (C(OH)–C–C–N with tert-alkyl or cyclic N) is 1. The van der Waals surface area contributed by atoms with Crippen LogP contribution in [-0.2, 0) is 6.54 Å². The van der Waals surface area contributed by atoms with E-state index >= 15 is 0 Å². The Kier molecular flexibility index (Phi) is 6.05. The Morgan fingerprint density at radius 2 is 2.25 bits per heavy atom. The molecule has 132 valence electrons. The van der Waals surface area contributed by atoms with E-state index in [0.29, 0.717) is 0 Å². The Balaban J connectivity index is 1.44. The van der Waals surface area contributed by atoms with Crippen LogP contribution >= 0.6 is 11.3 Å². The molecule has 1 fully saturated rings. The van der Waals surface area contributed by atoms with E-state index in [9.17, 15) is 5.11 Å². The minimum absolute atomic E-state index is 0.228. The van der Waals surface area contributed by atoms with Gasteiger partial charge in [-0.05, 0) is 57.3 Å². The fourth-order valence-electron chi connectivity index (χ4n) is 3.43. The molecule has 1 aliphatic rings. The molecule has 3 rings (SSSR count). The maximum absolute atomic E-state index is 9.49. The molecule has 1 unspecified atom stereocenters. The molecular formula is C18H27N3O2S. The summed E-state index contributed by atoms with van der Waals surface area (Å²) < 4.78 is 5.45. The number of likely N-dealkylation sites (tertiary alicyclic amines) is 1. The number of hydrogen-bond donors (Lipinski definition) is 1. The minimum atomic E-state index is -0.228. The monoisotopic (exact) mass is 349 g/mol. The van der Waals surface area contributed by atoms with Crippen LogP contribution in [0.25, 0.3) is 10.6 Å². The summed E-state index contributed by atoms with van der Waals surface area (Å²) in [6.07, 6.45) is 2.18. The second kappa shape index (κ2) is 8.25. The van der Waals surface area contributed by atoms with Gasteiger partial charge in [0.1, 0.15) is 0 Å². The fraction of sp³-hybridized carbons (Fsp3) is 0.611. The van der Waals surface area contributed by atoms with Gasteiger partial charge in [-0.15, -0.1) is 11.3 Å². The van der Waals surface area contributed by atoms with Gasteiger partial charge in [0.15, 0.2) is 5.76 Å². The highest BCUT2D eigenvalue weighted by atomic mass is 32.1. The maximum atomic E-state index is 9.49. The molecule has 0 saturated carbocycles. The zero-order valence-electron chi connectivity index (χ0n) is 14.5. The number of thiophene rings is 1. The van der Waals surface area contributed by atoms with E-state index in [1.54, 1.807) is 11.3 Å². The molecule has 0 amide bonds. The van der Waals surface area contributed by atoms with E-state index in [-0.39, 0.29) is 6.10 Å². The summed E-state index contributed by atoms with van der Waals surface area (Å²) in [5.74, 6) is 1.59. The molecule has 1 N–H and O–H groups in total.